The number of halogens is 2. The molecule has 1 aliphatic rings. The summed E-state index contributed by atoms with van der Waals surface area (Å²) in [6.45, 7) is 8.44. The number of nitriles is 1. The Bertz CT molecular complexity index is 1500. The molecular formula is C30H33F2N5O3. The van der Waals surface area contributed by atoms with Crippen molar-refractivity contribution in [1.29, 1.82) is 5.26 Å². The summed E-state index contributed by atoms with van der Waals surface area (Å²) in [5.74, 6) is -1.71. The van der Waals surface area contributed by atoms with Crippen LogP contribution in [0.2, 0.25) is 0 Å². The van der Waals surface area contributed by atoms with Gasteiger partial charge in [-0.15, -0.1) is 0 Å². The fourth-order valence-corrected chi connectivity index (χ4v) is 4.83. The van der Waals surface area contributed by atoms with E-state index in [2.05, 4.69) is 9.98 Å². The average molecular weight is 550 g/mol. The van der Waals surface area contributed by atoms with Crippen molar-refractivity contribution in [2.75, 3.05) is 26.8 Å². The lowest BCUT2D eigenvalue weighted by Gasteiger charge is -2.32. The number of carbonyl (C=O) groups excluding carboxylic acids is 1. The lowest BCUT2D eigenvalue weighted by Crippen LogP contribution is -2.46. The number of fused-ring (bicyclic) bond motifs is 1. The molecule has 210 valence electrons. The zero-order valence-electron chi connectivity index (χ0n) is 23.4. The van der Waals surface area contributed by atoms with Crippen molar-refractivity contribution in [1.82, 2.24) is 14.3 Å². The van der Waals surface area contributed by atoms with E-state index in [0.29, 0.717) is 36.6 Å². The third kappa shape index (κ3) is 5.89. The van der Waals surface area contributed by atoms with Crippen LogP contribution >= 0.6 is 0 Å². The second-order valence-corrected chi connectivity index (χ2v) is 9.86. The highest BCUT2D eigenvalue weighted by atomic mass is 19.1. The molecule has 2 atom stereocenters. The molecule has 1 aliphatic heterocycles. The second-order valence-electron chi connectivity index (χ2n) is 9.86. The molecule has 0 N–H and O–H groups in total. The molecule has 2 unspecified atom stereocenters. The summed E-state index contributed by atoms with van der Waals surface area (Å²) in [7, 11) is 1.32. The van der Waals surface area contributed by atoms with E-state index < -0.39 is 23.8 Å². The smallest absolute Gasteiger partial charge is 0.409 e. The predicted octanol–water partition coefficient (Wildman–Crippen LogP) is 5.86. The average Bonchev–Trinajstić information content (AvgIpc) is 3.28. The zero-order chi connectivity index (χ0) is 29.0. The zero-order valence-corrected chi connectivity index (χ0v) is 23.4. The number of imidazole rings is 1. The van der Waals surface area contributed by atoms with E-state index in [-0.39, 0.29) is 41.4 Å². The van der Waals surface area contributed by atoms with Gasteiger partial charge in [0.25, 0.3) is 0 Å². The van der Waals surface area contributed by atoms with Crippen molar-refractivity contribution in [3.63, 3.8) is 0 Å². The molecule has 1 amide bonds. The topological polar surface area (TPSA) is 92.2 Å². The van der Waals surface area contributed by atoms with Crippen molar-refractivity contribution in [2.24, 2.45) is 10.9 Å². The molecule has 0 spiro atoms. The van der Waals surface area contributed by atoms with Gasteiger partial charge in [0.15, 0.2) is 0 Å². The number of aromatic nitrogens is 2. The molecule has 2 aromatic heterocycles. The minimum Gasteiger partial charge on any atom is -0.453 e. The summed E-state index contributed by atoms with van der Waals surface area (Å²) in [5.41, 5.74) is 2.85. The molecule has 0 bridgehead atoms. The van der Waals surface area contributed by atoms with Gasteiger partial charge in [-0.25, -0.2) is 23.6 Å². The molecule has 0 aliphatic carbocycles. The van der Waals surface area contributed by atoms with Gasteiger partial charge in [0.2, 0.25) is 0 Å². The molecule has 0 saturated carbocycles. The Balaban J connectivity index is 1.82. The van der Waals surface area contributed by atoms with Crippen LogP contribution in [0.1, 0.15) is 44.0 Å². The van der Waals surface area contributed by atoms with Crippen molar-refractivity contribution in [3.05, 3.63) is 70.7 Å². The van der Waals surface area contributed by atoms with Gasteiger partial charge in [0.1, 0.15) is 29.0 Å². The molecule has 10 heteroatoms. The van der Waals surface area contributed by atoms with Crippen LogP contribution in [0.25, 0.3) is 16.9 Å². The first-order valence-corrected chi connectivity index (χ1v) is 13.3. The molecule has 1 aromatic carbocycles. The molecule has 3 heterocycles. The molecule has 0 radical (unpaired) electrons. The number of hydrogen-bond donors (Lipinski definition) is 0. The Kier molecular flexibility index (Phi) is 8.95. The van der Waals surface area contributed by atoms with E-state index in [1.54, 1.807) is 22.3 Å². The Morgan fingerprint density at radius 2 is 2.08 bits per heavy atom. The maximum absolute atomic E-state index is 15.9. The van der Waals surface area contributed by atoms with Gasteiger partial charge in [-0.05, 0) is 56.0 Å². The predicted molar refractivity (Wildman–Crippen MR) is 148 cm³/mol. The summed E-state index contributed by atoms with van der Waals surface area (Å²) in [5, 5.41) is 9.37. The summed E-state index contributed by atoms with van der Waals surface area (Å²) in [6.07, 6.45) is 3.43. The van der Waals surface area contributed by atoms with E-state index in [1.807, 2.05) is 45.2 Å². The molecule has 3 aromatic rings. The number of amides is 1. The lowest BCUT2D eigenvalue weighted by atomic mass is 9.93. The number of nitrogens with zero attached hydrogens (tertiary/aromatic N) is 5. The number of hydrogen-bond acceptors (Lipinski definition) is 6. The molecule has 40 heavy (non-hydrogen) atoms. The number of methoxy groups -OCH3 is 1. The van der Waals surface area contributed by atoms with E-state index in [0.717, 1.165) is 5.56 Å². The van der Waals surface area contributed by atoms with Gasteiger partial charge in [0.05, 0.1) is 49.0 Å². The van der Waals surface area contributed by atoms with Gasteiger partial charge in [-0.2, -0.15) is 5.26 Å². The quantitative estimate of drug-likeness (QED) is 0.272. The maximum Gasteiger partial charge on any atom is 0.409 e. The summed E-state index contributed by atoms with van der Waals surface area (Å²) in [6, 6.07) is 8.25. The highest BCUT2D eigenvalue weighted by molar-refractivity contribution is 6.03. The van der Waals surface area contributed by atoms with Crippen molar-refractivity contribution >= 4 is 17.5 Å². The number of allylic oxidation sites excluding steroid dienone is 2. The van der Waals surface area contributed by atoms with Crippen LogP contribution in [0, 0.1) is 35.8 Å². The highest BCUT2D eigenvalue weighted by Gasteiger charge is 2.29. The molecule has 1 fully saturated rings. The van der Waals surface area contributed by atoms with Crippen LogP contribution in [0.3, 0.4) is 0 Å². The van der Waals surface area contributed by atoms with E-state index in [9.17, 15) is 10.1 Å². The van der Waals surface area contributed by atoms with Gasteiger partial charge in [0, 0.05) is 24.7 Å². The minimum atomic E-state index is -0.785. The van der Waals surface area contributed by atoms with Crippen LogP contribution in [0.15, 0.2) is 47.2 Å². The minimum absolute atomic E-state index is 0.136. The third-order valence-corrected chi connectivity index (χ3v) is 7.16. The fraction of sp³-hybridized carbons (Fsp3) is 0.400. The Morgan fingerprint density at radius 3 is 2.70 bits per heavy atom. The molecule has 4 rings (SSSR count). The molecule has 8 nitrogen and oxygen atoms in total. The van der Waals surface area contributed by atoms with E-state index in [4.69, 9.17) is 9.47 Å². The molecular weight excluding hydrogens is 516 g/mol. The summed E-state index contributed by atoms with van der Waals surface area (Å²) in [4.78, 5) is 22.7. The maximum atomic E-state index is 15.9. The van der Waals surface area contributed by atoms with Crippen LogP contribution in [-0.2, 0) is 15.9 Å². The number of aryl methyl sites for hydroxylation is 1. The van der Waals surface area contributed by atoms with Crippen LogP contribution in [0.4, 0.5) is 13.6 Å². The molecule has 1 saturated heterocycles. The first-order chi connectivity index (χ1) is 19.2. The van der Waals surface area contributed by atoms with Gasteiger partial charge in [-0.3, -0.25) is 0 Å². The van der Waals surface area contributed by atoms with Crippen molar-refractivity contribution < 1.29 is 23.0 Å². The summed E-state index contributed by atoms with van der Waals surface area (Å²) >= 11 is 0. The van der Waals surface area contributed by atoms with Gasteiger partial charge < -0.3 is 18.8 Å². The van der Waals surface area contributed by atoms with Crippen molar-refractivity contribution in [2.45, 2.75) is 46.6 Å². The van der Waals surface area contributed by atoms with Crippen molar-refractivity contribution in [3.8, 4) is 17.3 Å². The SMILES string of the molecule is C/C=C(C#N)\N=C(\c1cc(F)c(-c2nc3cc(C)ccn3c2CC2CN(C(=O)OC)CCO2)c(F)c1)C(C)CC. The highest BCUT2D eigenvalue weighted by Crippen LogP contribution is 2.33. The van der Waals surface area contributed by atoms with Gasteiger partial charge >= 0.3 is 6.09 Å². The third-order valence-electron chi connectivity index (χ3n) is 7.16. The standard InChI is InChI=1S/C30H33F2N5O3/c1-6-19(4)28(34-21(7-2)16-33)20-13-23(31)27(24(32)14-20)29-25(37-9-8-18(3)12-26(37)35-29)15-22-17-36(10-11-40-22)30(38)39-5/h7-9,12-14,19,22H,6,10-11,15,17H2,1-5H3/b21-7-,34-28+. The van der Waals surface area contributed by atoms with Gasteiger partial charge in [-0.1, -0.05) is 19.9 Å². The van der Waals surface area contributed by atoms with Crippen LogP contribution in [0.5, 0.6) is 0 Å². The lowest BCUT2D eigenvalue weighted by molar-refractivity contribution is -0.0241. The fourth-order valence-electron chi connectivity index (χ4n) is 4.83. The monoisotopic (exact) mass is 549 g/mol. The van der Waals surface area contributed by atoms with E-state index in [1.165, 1.54) is 19.2 Å². The first kappa shape index (κ1) is 28.9. The normalized spacial score (nSPS) is 17.1. The number of pyridine rings is 1. The largest absolute Gasteiger partial charge is 0.453 e. The second kappa shape index (κ2) is 12.4. The van der Waals surface area contributed by atoms with E-state index >= 15 is 8.78 Å². The Labute approximate surface area is 232 Å². The Hall–Kier alpha value is -4.10. The number of benzene rings is 1. The number of aliphatic imine (C=N–C) groups is 1. The van der Waals surface area contributed by atoms with Crippen LogP contribution < -0.4 is 0 Å². The number of carbonyl (C=O) groups is 1. The summed E-state index contributed by atoms with van der Waals surface area (Å²) < 4.78 is 44.3. The number of rotatable bonds is 7. The van der Waals surface area contributed by atoms with Crippen LogP contribution in [-0.4, -0.2) is 59.0 Å². The Morgan fingerprint density at radius 1 is 1.35 bits per heavy atom. The number of ether oxygens (including phenoxy) is 2. The number of morpholine rings is 1. The first-order valence-electron chi connectivity index (χ1n) is 13.3.